The van der Waals surface area contributed by atoms with Gasteiger partial charge in [0.1, 0.15) is 0 Å². The van der Waals surface area contributed by atoms with Crippen LogP contribution in [0.2, 0.25) is 0 Å². The Balaban J connectivity index is 1.68. The predicted molar refractivity (Wildman–Crippen MR) is 104 cm³/mol. The fraction of sp³-hybridized carbons (Fsp3) is 0.438. The van der Waals surface area contributed by atoms with Crippen LogP contribution >= 0.6 is 0 Å². The number of piperidine rings is 1. The normalized spacial score (nSPS) is 16.0. The van der Waals surface area contributed by atoms with Crippen molar-refractivity contribution in [3.8, 4) is 5.75 Å². The zero-order chi connectivity index (χ0) is 20.3. The van der Waals surface area contributed by atoms with Crippen LogP contribution in [0.25, 0.3) is 0 Å². The lowest BCUT2D eigenvalue weighted by atomic mass is 10.1. The Morgan fingerprint density at radius 3 is 2.50 bits per heavy atom. The van der Waals surface area contributed by atoms with Gasteiger partial charge in [0.25, 0.3) is 0 Å². The summed E-state index contributed by atoms with van der Waals surface area (Å²) in [6.07, 6.45) is 2.43. The van der Waals surface area contributed by atoms with Crippen LogP contribution in [-0.2, 0) is 10.0 Å². The van der Waals surface area contributed by atoms with Gasteiger partial charge in [0, 0.05) is 30.9 Å². The number of anilines is 4. The average molecular weight is 411 g/mol. The Bertz CT molecular complexity index is 949. The lowest BCUT2D eigenvalue weighted by molar-refractivity contribution is 0.331. The molecule has 0 unspecified atom stereocenters. The zero-order valence-electron chi connectivity index (χ0n) is 15.5. The van der Waals surface area contributed by atoms with Gasteiger partial charge >= 0.3 is 0 Å². The SMILES string of the molecule is COc1ccc(Nc2nc(N)nc(NC3CCN(S(C)(=O)=O)CC3)n2)cc1F. The first-order valence-corrected chi connectivity index (χ1v) is 10.4. The van der Waals surface area contributed by atoms with E-state index >= 15 is 0 Å². The lowest BCUT2D eigenvalue weighted by Crippen LogP contribution is -2.42. The molecular weight excluding hydrogens is 389 g/mol. The summed E-state index contributed by atoms with van der Waals surface area (Å²) in [4.78, 5) is 12.3. The van der Waals surface area contributed by atoms with Crippen LogP contribution in [0.5, 0.6) is 5.75 Å². The lowest BCUT2D eigenvalue weighted by Gasteiger charge is -2.30. The van der Waals surface area contributed by atoms with Crippen molar-refractivity contribution in [2.75, 3.05) is 42.8 Å². The van der Waals surface area contributed by atoms with E-state index in [4.69, 9.17) is 10.5 Å². The topological polar surface area (TPSA) is 135 Å². The first-order valence-electron chi connectivity index (χ1n) is 8.58. The molecule has 152 valence electrons. The smallest absolute Gasteiger partial charge is 0.233 e. The third-order valence-corrected chi connectivity index (χ3v) is 5.62. The maximum atomic E-state index is 13.8. The summed E-state index contributed by atoms with van der Waals surface area (Å²) >= 11 is 0. The van der Waals surface area contributed by atoms with Gasteiger partial charge < -0.3 is 21.1 Å². The van der Waals surface area contributed by atoms with E-state index in [2.05, 4.69) is 25.6 Å². The number of sulfonamides is 1. The molecule has 1 aromatic heterocycles. The van der Waals surface area contributed by atoms with Crippen LogP contribution in [-0.4, -0.2) is 60.2 Å². The van der Waals surface area contributed by atoms with Gasteiger partial charge in [0.15, 0.2) is 11.6 Å². The van der Waals surface area contributed by atoms with Crippen molar-refractivity contribution in [2.45, 2.75) is 18.9 Å². The minimum Gasteiger partial charge on any atom is -0.494 e. The average Bonchev–Trinajstić information content (AvgIpc) is 2.61. The number of rotatable bonds is 6. The molecule has 1 aliphatic rings. The highest BCUT2D eigenvalue weighted by molar-refractivity contribution is 7.88. The second kappa shape index (κ2) is 8.10. The minimum atomic E-state index is -3.18. The number of nitrogens with two attached hydrogens (primary N) is 1. The van der Waals surface area contributed by atoms with Crippen molar-refractivity contribution >= 4 is 33.6 Å². The quantitative estimate of drug-likeness (QED) is 0.640. The summed E-state index contributed by atoms with van der Waals surface area (Å²) < 4.78 is 43.3. The molecule has 0 saturated carbocycles. The van der Waals surface area contributed by atoms with Gasteiger partial charge in [-0.05, 0) is 25.0 Å². The number of nitrogens with zero attached hydrogens (tertiary/aromatic N) is 4. The van der Waals surface area contributed by atoms with E-state index in [1.54, 1.807) is 6.07 Å². The fourth-order valence-corrected chi connectivity index (χ4v) is 3.77. The van der Waals surface area contributed by atoms with Crippen molar-refractivity contribution in [3.05, 3.63) is 24.0 Å². The van der Waals surface area contributed by atoms with Gasteiger partial charge in [0.2, 0.25) is 27.9 Å². The van der Waals surface area contributed by atoms with Gasteiger partial charge in [-0.15, -0.1) is 0 Å². The van der Waals surface area contributed by atoms with Crippen LogP contribution in [0.15, 0.2) is 18.2 Å². The standard InChI is InChI=1S/C16H22FN7O3S/c1-27-13-4-3-11(9-12(13)17)20-16-22-14(18)21-15(23-16)19-10-5-7-24(8-6-10)28(2,25)26/h3-4,9-10H,5-8H2,1-2H3,(H4,18,19,20,21,22,23). The molecule has 10 nitrogen and oxygen atoms in total. The number of nitrogen functional groups attached to an aromatic ring is 1. The molecular formula is C16H22FN7O3S. The molecule has 3 rings (SSSR count). The second-order valence-corrected chi connectivity index (χ2v) is 8.38. The molecule has 1 saturated heterocycles. The Hall–Kier alpha value is -2.73. The first-order chi connectivity index (χ1) is 13.2. The number of halogens is 1. The summed E-state index contributed by atoms with van der Waals surface area (Å²) in [5.74, 6) is 0.0338. The number of hydrogen-bond acceptors (Lipinski definition) is 9. The van der Waals surface area contributed by atoms with Crippen molar-refractivity contribution < 1.29 is 17.5 Å². The van der Waals surface area contributed by atoms with E-state index in [-0.39, 0.29) is 29.6 Å². The molecule has 2 heterocycles. The molecule has 2 aromatic rings. The first kappa shape index (κ1) is 20.0. The Labute approximate surface area is 162 Å². The third-order valence-electron chi connectivity index (χ3n) is 4.32. The van der Waals surface area contributed by atoms with Crippen molar-refractivity contribution in [1.29, 1.82) is 0 Å². The molecule has 1 aromatic carbocycles. The summed E-state index contributed by atoms with van der Waals surface area (Å²) in [6.45, 7) is 0.848. The fourth-order valence-electron chi connectivity index (χ4n) is 2.90. The third kappa shape index (κ3) is 4.95. The number of ether oxygens (including phenoxy) is 1. The molecule has 12 heteroatoms. The van der Waals surface area contributed by atoms with E-state index in [9.17, 15) is 12.8 Å². The van der Waals surface area contributed by atoms with Crippen molar-refractivity contribution in [1.82, 2.24) is 19.3 Å². The van der Waals surface area contributed by atoms with Gasteiger partial charge in [0.05, 0.1) is 13.4 Å². The summed E-state index contributed by atoms with van der Waals surface area (Å²) in [5, 5.41) is 6.03. The molecule has 0 amide bonds. The van der Waals surface area contributed by atoms with Crippen LogP contribution in [0.4, 0.5) is 27.9 Å². The number of nitrogens with one attached hydrogen (secondary N) is 2. The highest BCUT2D eigenvalue weighted by Crippen LogP contribution is 2.23. The Morgan fingerprint density at radius 2 is 1.89 bits per heavy atom. The number of aromatic nitrogens is 3. The zero-order valence-corrected chi connectivity index (χ0v) is 16.3. The summed E-state index contributed by atoms with van der Waals surface area (Å²) in [7, 11) is -1.80. The van der Waals surface area contributed by atoms with E-state index < -0.39 is 15.8 Å². The number of benzene rings is 1. The molecule has 0 spiro atoms. The molecule has 1 aliphatic heterocycles. The second-order valence-electron chi connectivity index (χ2n) is 6.40. The van der Waals surface area contributed by atoms with Crippen molar-refractivity contribution in [3.63, 3.8) is 0 Å². The Kier molecular flexibility index (Phi) is 5.79. The molecule has 0 aliphatic carbocycles. The van der Waals surface area contributed by atoms with Crippen LogP contribution < -0.4 is 21.1 Å². The largest absolute Gasteiger partial charge is 0.494 e. The molecule has 1 fully saturated rings. The molecule has 0 atom stereocenters. The van der Waals surface area contributed by atoms with Crippen LogP contribution in [0, 0.1) is 5.82 Å². The van der Waals surface area contributed by atoms with E-state index in [1.807, 2.05) is 0 Å². The maximum Gasteiger partial charge on any atom is 0.233 e. The van der Waals surface area contributed by atoms with Gasteiger partial charge in [-0.25, -0.2) is 17.1 Å². The van der Waals surface area contributed by atoms with E-state index in [1.165, 1.54) is 29.8 Å². The highest BCUT2D eigenvalue weighted by atomic mass is 32.2. The molecule has 0 radical (unpaired) electrons. The monoisotopic (exact) mass is 411 g/mol. The Morgan fingerprint density at radius 1 is 1.21 bits per heavy atom. The molecule has 28 heavy (non-hydrogen) atoms. The molecule has 4 N–H and O–H groups in total. The van der Waals surface area contributed by atoms with Gasteiger partial charge in [-0.2, -0.15) is 15.0 Å². The van der Waals surface area contributed by atoms with E-state index in [0.29, 0.717) is 31.6 Å². The van der Waals surface area contributed by atoms with Gasteiger partial charge in [-0.3, -0.25) is 0 Å². The number of hydrogen-bond donors (Lipinski definition) is 3. The summed E-state index contributed by atoms with van der Waals surface area (Å²) in [5.41, 5.74) is 6.18. The summed E-state index contributed by atoms with van der Waals surface area (Å²) in [6, 6.07) is 4.37. The number of methoxy groups -OCH3 is 1. The highest BCUT2D eigenvalue weighted by Gasteiger charge is 2.25. The predicted octanol–water partition coefficient (Wildman–Crippen LogP) is 1.18. The minimum absolute atomic E-state index is 0.00237. The molecule has 0 bridgehead atoms. The van der Waals surface area contributed by atoms with Crippen LogP contribution in [0.3, 0.4) is 0 Å². The van der Waals surface area contributed by atoms with Crippen molar-refractivity contribution in [2.24, 2.45) is 0 Å². The maximum absolute atomic E-state index is 13.8. The van der Waals surface area contributed by atoms with Crippen LogP contribution in [0.1, 0.15) is 12.8 Å². The van der Waals surface area contributed by atoms with E-state index in [0.717, 1.165) is 0 Å². The van der Waals surface area contributed by atoms with Gasteiger partial charge in [-0.1, -0.05) is 0 Å².